The average Bonchev–Trinajstić information content (AvgIpc) is 2.99. The zero-order valence-corrected chi connectivity index (χ0v) is 19.6. The number of fused-ring (bicyclic) bond motifs is 1. The van der Waals surface area contributed by atoms with Gasteiger partial charge in [0.25, 0.3) is 0 Å². The number of benzene rings is 2. The van der Waals surface area contributed by atoms with Crippen LogP contribution in [-0.4, -0.2) is 42.4 Å². The number of aliphatic hydroxyl groups is 1. The first-order valence-corrected chi connectivity index (χ1v) is 12.4. The summed E-state index contributed by atoms with van der Waals surface area (Å²) in [7, 11) is 0. The van der Waals surface area contributed by atoms with Crippen LogP contribution in [0.1, 0.15) is 35.7 Å². The molecule has 174 valence electrons. The molecule has 2 aromatic rings. The quantitative estimate of drug-likeness (QED) is 0.323. The maximum Gasteiger partial charge on any atom is 0.338 e. The highest BCUT2D eigenvalue weighted by Gasteiger charge is 2.42. The van der Waals surface area contributed by atoms with Crippen LogP contribution in [0.4, 0.5) is 0 Å². The first-order chi connectivity index (χ1) is 16.2. The van der Waals surface area contributed by atoms with Gasteiger partial charge in [-0.05, 0) is 60.1 Å². The molecule has 5 nitrogen and oxygen atoms in total. The van der Waals surface area contributed by atoms with Crippen molar-refractivity contribution < 1.29 is 24.1 Å². The van der Waals surface area contributed by atoms with Gasteiger partial charge >= 0.3 is 5.97 Å². The molecule has 1 heterocycles. The second-order valence-corrected chi connectivity index (χ2v) is 9.07. The number of carbonyl (C=O) groups is 1. The van der Waals surface area contributed by atoms with Gasteiger partial charge < -0.3 is 19.3 Å². The van der Waals surface area contributed by atoms with Gasteiger partial charge in [-0.2, -0.15) is 0 Å². The molecule has 4 rings (SSSR count). The van der Waals surface area contributed by atoms with Gasteiger partial charge in [0.05, 0.1) is 31.0 Å². The molecule has 6 heteroatoms. The molecule has 1 aliphatic carbocycles. The Kier molecular flexibility index (Phi) is 8.26. The summed E-state index contributed by atoms with van der Waals surface area (Å²) in [5, 5.41) is 12.7. The first kappa shape index (κ1) is 23.6. The van der Waals surface area contributed by atoms with E-state index in [1.54, 1.807) is 24.8 Å². The van der Waals surface area contributed by atoms with E-state index in [0.717, 1.165) is 23.3 Å². The van der Waals surface area contributed by atoms with Gasteiger partial charge in [0.2, 0.25) is 0 Å². The number of hydrogen-bond acceptors (Lipinski definition) is 6. The van der Waals surface area contributed by atoms with Gasteiger partial charge in [0, 0.05) is 12.3 Å². The Morgan fingerprint density at radius 2 is 2.06 bits per heavy atom. The van der Waals surface area contributed by atoms with Gasteiger partial charge in [-0.3, -0.25) is 0 Å². The average molecular weight is 467 g/mol. The topological polar surface area (TPSA) is 65.0 Å². The largest absolute Gasteiger partial charge is 0.483 e. The maximum atomic E-state index is 12.1. The number of aliphatic hydroxyl groups excluding tert-OH is 1. The van der Waals surface area contributed by atoms with Crippen molar-refractivity contribution in [1.82, 2.24) is 0 Å². The van der Waals surface area contributed by atoms with E-state index < -0.39 is 6.10 Å². The maximum absolute atomic E-state index is 12.1. The standard InChI is InChI=1S/C27H30O5S/c1-2-30-27(29)20-8-6-7-19(15-20)21-11-12-24-23(25(28)16-26(24)31-17-21)13-14-33-18-32-22-9-4-3-5-10-22/h3-11,13-15,23-26,28H,2,12,16-18H2,1H3/b14-13+/t23-,24-,25-,26+/m1/s1. The third-order valence-corrected chi connectivity index (χ3v) is 6.76. The Hall–Kier alpha value is -2.54. The third kappa shape index (κ3) is 6.08. The molecule has 0 unspecified atom stereocenters. The number of hydrogen-bond donors (Lipinski definition) is 1. The highest BCUT2D eigenvalue weighted by molar-refractivity contribution is 8.02. The molecule has 1 fully saturated rings. The predicted octanol–water partition coefficient (Wildman–Crippen LogP) is 5.32. The fourth-order valence-corrected chi connectivity index (χ4v) is 5.05. The fraction of sp³-hybridized carbons (Fsp3) is 0.370. The monoisotopic (exact) mass is 466 g/mol. The normalized spacial score (nSPS) is 24.7. The lowest BCUT2D eigenvalue weighted by molar-refractivity contribution is 0.0470. The zero-order valence-electron chi connectivity index (χ0n) is 18.8. The van der Waals surface area contributed by atoms with Crippen molar-refractivity contribution in [2.75, 3.05) is 19.2 Å². The van der Waals surface area contributed by atoms with Crippen LogP contribution in [0.15, 0.2) is 72.2 Å². The van der Waals surface area contributed by atoms with Crippen molar-refractivity contribution in [3.63, 3.8) is 0 Å². The Morgan fingerprint density at radius 1 is 1.21 bits per heavy atom. The molecule has 4 atom stereocenters. The van der Waals surface area contributed by atoms with Gasteiger partial charge in [-0.25, -0.2) is 4.79 Å². The molecule has 0 aromatic heterocycles. The summed E-state index contributed by atoms with van der Waals surface area (Å²) in [4.78, 5) is 12.1. The third-order valence-electron chi connectivity index (χ3n) is 6.16. The van der Waals surface area contributed by atoms with E-state index in [1.165, 1.54) is 0 Å². The molecule has 33 heavy (non-hydrogen) atoms. The van der Waals surface area contributed by atoms with E-state index in [1.807, 2.05) is 53.9 Å². The smallest absolute Gasteiger partial charge is 0.338 e. The van der Waals surface area contributed by atoms with Gasteiger partial charge in [-0.1, -0.05) is 54.2 Å². The van der Waals surface area contributed by atoms with Crippen molar-refractivity contribution in [3.05, 3.63) is 83.3 Å². The summed E-state index contributed by atoms with van der Waals surface area (Å²) in [6, 6.07) is 17.2. The van der Waals surface area contributed by atoms with E-state index in [2.05, 4.69) is 12.2 Å². The molecule has 2 aliphatic rings. The molecule has 0 spiro atoms. The summed E-state index contributed by atoms with van der Waals surface area (Å²) < 4.78 is 17.1. The zero-order chi connectivity index (χ0) is 23.0. The summed E-state index contributed by atoms with van der Waals surface area (Å²) in [6.45, 7) is 2.62. The number of ether oxygens (including phenoxy) is 3. The van der Waals surface area contributed by atoms with Crippen LogP contribution in [0.2, 0.25) is 0 Å². The van der Waals surface area contributed by atoms with E-state index in [-0.39, 0.29) is 23.9 Å². The van der Waals surface area contributed by atoms with Crippen LogP contribution in [0, 0.1) is 11.8 Å². The van der Waals surface area contributed by atoms with Gasteiger partial charge in [0.1, 0.15) is 11.7 Å². The van der Waals surface area contributed by atoms with Crippen LogP contribution in [-0.2, 0) is 9.47 Å². The van der Waals surface area contributed by atoms with E-state index in [4.69, 9.17) is 14.2 Å². The predicted molar refractivity (Wildman–Crippen MR) is 131 cm³/mol. The summed E-state index contributed by atoms with van der Waals surface area (Å²) in [6.07, 6.45) is 5.35. The highest BCUT2D eigenvalue weighted by atomic mass is 32.2. The minimum absolute atomic E-state index is 0.0159. The lowest BCUT2D eigenvalue weighted by Gasteiger charge is -2.20. The SMILES string of the molecule is CCOC(=O)c1cccc(C2=CC[C@@H]3[C@@H](/C=C/SCOc4ccccc4)[C@H](O)C[C@@H]3OC2)c1. The molecular weight excluding hydrogens is 436 g/mol. The summed E-state index contributed by atoms with van der Waals surface area (Å²) in [5.41, 5.74) is 2.59. The minimum atomic E-state index is -0.408. The number of thioether (sulfide) groups is 1. The second-order valence-electron chi connectivity index (χ2n) is 8.23. The molecule has 0 bridgehead atoms. The summed E-state index contributed by atoms with van der Waals surface area (Å²) >= 11 is 1.57. The lowest BCUT2D eigenvalue weighted by atomic mass is 9.90. The lowest BCUT2D eigenvalue weighted by Crippen LogP contribution is -2.21. The number of para-hydroxylation sites is 1. The molecule has 0 saturated heterocycles. The van der Waals surface area contributed by atoms with Crippen LogP contribution < -0.4 is 4.74 Å². The van der Waals surface area contributed by atoms with Crippen molar-refractivity contribution in [2.24, 2.45) is 11.8 Å². The Bertz CT molecular complexity index is 987. The van der Waals surface area contributed by atoms with Crippen molar-refractivity contribution in [3.8, 4) is 5.75 Å². The van der Waals surface area contributed by atoms with Gasteiger partial charge in [-0.15, -0.1) is 0 Å². The molecular formula is C27H30O5S. The molecule has 1 saturated carbocycles. The van der Waals surface area contributed by atoms with Crippen LogP contribution >= 0.6 is 11.8 Å². The van der Waals surface area contributed by atoms with E-state index in [0.29, 0.717) is 31.1 Å². The molecule has 0 amide bonds. The Balaban J connectivity index is 1.37. The minimum Gasteiger partial charge on any atom is -0.483 e. The highest BCUT2D eigenvalue weighted by Crippen LogP contribution is 2.41. The van der Waals surface area contributed by atoms with E-state index >= 15 is 0 Å². The second kappa shape index (κ2) is 11.5. The molecule has 1 aliphatic heterocycles. The fourth-order valence-electron chi connectivity index (χ4n) is 4.47. The molecule has 1 N–H and O–H groups in total. The Morgan fingerprint density at radius 3 is 2.88 bits per heavy atom. The number of allylic oxidation sites excluding steroid dienone is 1. The number of rotatable bonds is 8. The Labute approximate surface area is 199 Å². The van der Waals surface area contributed by atoms with Crippen molar-refractivity contribution in [2.45, 2.75) is 32.0 Å². The first-order valence-electron chi connectivity index (χ1n) is 11.4. The van der Waals surface area contributed by atoms with Gasteiger partial charge in [0.15, 0.2) is 0 Å². The molecule has 2 aromatic carbocycles. The molecule has 0 radical (unpaired) electrons. The van der Waals surface area contributed by atoms with Crippen molar-refractivity contribution >= 4 is 23.3 Å². The van der Waals surface area contributed by atoms with Crippen LogP contribution in [0.3, 0.4) is 0 Å². The van der Waals surface area contributed by atoms with E-state index in [9.17, 15) is 9.90 Å². The van der Waals surface area contributed by atoms with Crippen LogP contribution in [0.25, 0.3) is 5.57 Å². The van der Waals surface area contributed by atoms with Crippen molar-refractivity contribution in [1.29, 1.82) is 0 Å². The number of carbonyl (C=O) groups excluding carboxylic acids is 1. The summed E-state index contributed by atoms with van der Waals surface area (Å²) in [5.74, 6) is 1.32. The van der Waals surface area contributed by atoms with Crippen LogP contribution in [0.5, 0.6) is 5.75 Å². The number of esters is 1.